The Bertz CT molecular complexity index is 472. The molecule has 0 spiro atoms. The Labute approximate surface area is 106 Å². The van der Waals surface area contributed by atoms with Gasteiger partial charge in [0, 0.05) is 6.20 Å². The predicted molar refractivity (Wildman–Crippen MR) is 72.1 cm³/mol. The Kier molecular flexibility index (Phi) is 3.20. The summed E-state index contributed by atoms with van der Waals surface area (Å²) in [5, 5.41) is 4.79. The molecular weight excluding hydrogens is 228 g/mol. The van der Waals surface area contributed by atoms with E-state index in [1.807, 2.05) is 23.6 Å². The van der Waals surface area contributed by atoms with Crippen LogP contribution in [0, 0.1) is 0 Å². The molecule has 0 radical (unpaired) electrons. The van der Waals surface area contributed by atoms with Crippen molar-refractivity contribution in [1.29, 1.82) is 0 Å². The van der Waals surface area contributed by atoms with Crippen LogP contribution in [0.25, 0.3) is 10.4 Å². The third-order valence-electron chi connectivity index (χ3n) is 3.19. The summed E-state index contributed by atoms with van der Waals surface area (Å²) in [4.78, 5) is 5.84. The van der Waals surface area contributed by atoms with Gasteiger partial charge in [-0.15, -0.1) is 11.3 Å². The second kappa shape index (κ2) is 4.98. The first-order valence-electron chi connectivity index (χ1n) is 6.18. The first-order chi connectivity index (χ1) is 8.43. The summed E-state index contributed by atoms with van der Waals surface area (Å²) in [6.07, 6.45) is 5.85. The maximum atomic E-state index is 4.57. The Morgan fingerprint density at radius 3 is 2.82 bits per heavy atom. The minimum atomic E-state index is 0.478. The van der Waals surface area contributed by atoms with Crippen molar-refractivity contribution in [2.24, 2.45) is 0 Å². The average Bonchev–Trinajstić information content (AvgIpc) is 2.90. The van der Waals surface area contributed by atoms with E-state index in [1.165, 1.54) is 34.7 Å². The number of hydrogen-bond acceptors (Lipinski definition) is 3. The van der Waals surface area contributed by atoms with Crippen LogP contribution < -0.4 is 5.32 Å². The lowest BCUT2D eigenvalue weighted by atomic mass is 10.1. The first-order valence-corrected chi connectivity index (χ1v) is 7.00. The molecule has 17 heavy (non-hydrogen) atoms. The van der Waals surface area contributed by atoms with E-state index in [2.05, 4.69) is 34.6 Å². The second-order valence-corrected chi connectivity index (χ2v) is 5.49. The lowest BCUT2D eigenvalue weighted by Gasteiger charge is -2.21. The first kappa shape index (κ1) is 10.9. The minimum absolute atomic E-state index is 0.478. The largest absolute Gasteiger partial charge is 0.308 e. The fraction of sp³-hybridized carbons (Fsp3) is 0.357. The number of rotatable bonds is 2. The molecule has 1 aliphatic heterocycles. The monoisotopic (exact) mass is 244 g/mol. The van der Waals surface area contributed by atoms with E-state index in [0.29, 0.717) is 6.04 Å². The molecule has 0 amide bonds. The zero-order chi connectivity index (χ0) is 11.5. The van der Waals surface area contributed by atoms with Crippen LogP contribution in [0.3, 0.4) is 0 Å². The molecule has 1 unspecified atom stereocenters. The van der Waals surface area contributed by atoms with E-state index >= 15 is 0 Å². The topological polar surface area (TPSA) is 24.9 Å². The van der Waals surface area contributed by atoms with Crippen molar-refractivity contribution in [1.82, 2.24) is 10.3 Å². The Morgan fingerprint density at radius 2 is 2.06 bits per heavy atom. The normalized spacial score (nSPS) is 20.4. The maximum Gasteiger partial charge on any atom is 0.110 e. The van der Waals surface area contributed by atoms with Gasteiger partial charge < -0.3 is 5.32 Å². The van der Waals surface area contributed by atoms with Gasteiger partial charge >= 0.3 is 0 Å². The van der Waals surface area contributed by atoms with Gasteiger partial charge in [-0.25, -0.2) is 4.98 Å². The second-order valence-electron chi connectivity index (χ2n) is 4.43. The molecule has 1 aromatic heterocycles. The lowest BCUT2D eigenvalue weighted by molar-refractivity contribution is 0.411. The maximum absolute atomic E-state index is 4.57. The third kappa shape index (κ3) is 2.40. The molecule has 1 atom stereocenters. The van der Waals surface area contributed by atoms with Gasteiger partial charge in [0.15, 0.2) is 0 Å². The molecule has 0 aliphatic carbocycles. The zero-order valence-corrected chi connectivity index (χ0v) is 10.5. The highest BCUT2D eigenvalue weighted by atomic mass is 32.1. The van der Waals surface area contributed by atoms with Crippen molar-refractivity contribution in [2.45, 2.75) is 25.3 Å². The van der Waals surface area contributed by atoms with Crippen molar-refractivity contribution < 1.29 is 0 Å². The Balaban J connectivity index is 1.83. The summed E-state index contributed by atoms with van der Waals surface area (Å²) in [5.41, 5.74) is 1.27. The standard InChI is InChI=1S/C14H16N2S/c1-2-6-11(7-3-1)13-10-16-14(17-13)12-8-4-5-9-15-12/h1-3,6-7,10,12,15H,4-5,8-9H2. The van der Waals surface area contributed by atoms with Crippen LogP contribution in [0.4, 0.5) is 0 Å². The number of nitrogens with zero attached hydrogens (tertiary/aromatic N) is 1. The fourth-order valence-corrected chi connectivity index (χ4v) is 3.28. The molecule has 0 bridgehead atoms. The summed E-state index contributed by atoms with van der Waals surface area (Å²) < 4.78 is 0. The highest BCUT2D eigenvalue weighted by molar-refractivity contribution is 7.15. The number of aromatic nitrogens is 1. The van der Waals surface area contributed by atoms with E-state index in [4.69, 9.17) is 0 Å². The summed E-state index contributed by atoms with van der Waals surface area (Å²) in [6, 6.07) is 11.0. The average molecular weight is 244 g/mol. The van der Waals surface area contributed by atoms with Gasteiger partial charge in [0.2, 0.25) is 0 Å². The van der Waals surface area contributed by atoms with Gasteiger partial charge in [0.1, 0.15) is 5.01 Å². The molecule has 3 rings (SSSR count). The third-order valence-corrected chi connectivity index (χ3v) is 4.35. The summed E-state index contributed by atoms with van der Waals surface area (Å²) in [7, 11) is 0. The van der Waals surface area contributed by atoms with Crippen molar-refractivity contribution in [2.75, 3.05) is 6.54 Å². The van der Waals surface area contributed by atoms with Crippen molar-refractivity contribution in [3.05, 3.63) is 41.5 Å². The van der Waals surface area contributed by atoms with Crippen molar-refractivity contribution in [3.8, 4) is 10.4 Å². The van der Waals surface area contributed by atoms with Gasteiger partial charge in [-0.3, -0.25) is 0 Å². The van der Waals surface area contributed by atoms with E-state index in [-0.39, 0.29) is 0 Å². The summed E-state index contributed by atoms with van der Waals surface area (Å²) in [6.45, 7) is 1.13. The molecule has 2 aromatic rings. The molecule has 1 N–H and O–H groups in total. The number of nitrogens with one attached hydrogen (secondary N) is 1. The van der Waals surface area contributed by atoms with Gasteiger partial charge in [-0.1, -0.05) is 36.8 Å². The molecule has 0 saturated carbocycles. The predicted octanol–water partition coefficient (Wildman–Crippen LogP) is 3.62. The molecule has 1 saturated heterocycles. The van der Waals surface area contributed by atoms with Crippen LogP contribution in [0.15, 0.2) is 36.5 Å². The zero-order valence-electron chi connectivity index (χ0n) is 9.73. The Hall–Kier alpha value is -1.19. The van der Waals surface area contributed by atoms with Crippen LogP contribution in [0.2, 0.25) is 0 Å². The molecule has 88 valence electrons. The van der Waals surface area contributed by atoms with Crippen molar-refractivity contribution >= 4 is 11.3 Å². The van der Waals surface area contributed by atoms with Crippen LogP contribution in [0.5, 0.6) is 0 Å². The lowest BCUT2D eigenvalue weighted by Crippen LogP contribution is -2.26. The molecule has 1 aliphatic rings. The molecule has 1 aromatic carbocycles. The number of benzene rings is 1. The molecule has 1 fully saturated rings. The Morgan fingerprint density at radius 1 is 1.18 bits per heavy atom. The van der Waals surface area contributed by atoms with E-state index in [9.17, 15) is 0 Å². The SMILES string of the molecule is c1ccc(-c2cnc(C3CCCCN3)s2)cc1. The highest BCUT2D eigenvalue weighted by Crippen LogP contribution is 2.31. The molecule has 2 heterocycles. The smallest absolute Gasteiger partial charge is 0.110 e. The fourth-order valence-electron chi connectivity index (χ4n) is 2.25. The van der Waals surface area contributed by atoms with E-state index in [0.717, 1.165) is 6.54 Å². The molecule has 2 nitrogen and oxygen atoms in total. The molecular formula is C14H16N2S. The minimum Gasteiger partial charge on any atom is -0.308 e. The van der Waals surface area contributed by atoms with E-state index in [1.54, 1.807) is 0 Å². The van der Waals surface area contributed by atoms with Gasteiger partial charge in [0.05, 0.1) is 10.9 Å². The van der Waals surface area contributed by atoms with Crippen LogP contribution in [-0.2, 0) is 0 Å². The number of piperidine rings is 1. The number of hydrogen-bond donors (Lipinski definition) is 1. The van der Waals surface area contributed by atoms with Crippen LogP contribution >= 0.6 is 11.3 Å². The highest BCUT2D eigenvalue weighted by Gasteiger charge is 2.18. The number of thiazole rings is 1. The summed E-state index contributed by atoms with van der Waals surface area (Å²) in [5.74, 6) is 0. The van der Waals surface area contributed by atoms with Gasteiger partial charge in [-0.05, 0) is 24.9 Å². The summed E-state index contributed by atoms with van der Waals surface area (Å²) >= 11 is 1.82. The van der Waals surface area contributed by atoms with Gasteiger partial charge in [-0.2, -0.15) is 0 Å². The van der Waals surface area contributed by atoms with Crippen LogP contribution in [0.1, 0.15) is 30.3 Å². The molecule has 3 heteroatoms. The van der Waals surface area contributed by atoms with Crippen molar-refractivity contribution in [3.63, 3.8) is 0 Å². The van der Waals surface area contributed by atoms with Gasteiger partial charge in [0.25, 0.3) is 0 Å². The quantitative estimate of drug-likeness (QED) is 0.872. The van der Waals surface area contributed by atoms with Crippen LogP contribution in [-0.4, -0.2) is 11.5 Å². The van der Waals surface area contributed by atoms with E-state index < -0.39 is 0 Å².